The summed E-state index contributed by atoms with van der Waals surface area (Å²) in [6.45, 7) is 3.88. The lowest BCUT2D eigenvalue weighted by atomic mass is 10.1. The molecule has 0 fully saturated rings. The van der Waals surface area contributed by atoms with Crippen molar-refractivity contribution in [2.75, 3.05) is 13.2 Å². The van der Waals surface area contributed by atoms with Gasteiger partial charge in [0.15, 0.2) is 6.10 Å². The Balaban J connectivity index is 3.64. The molecule has 0 amide bonds. The van der Waals surface area contributed by atoms with Crippen LogP contribution in [0.25, 0.3) is 0 Å². The molecule has 0 aliphatic heterocycles. The number of hydrogen-bond donors (Lipinski definition) is 1. The normalized spacial score (nSPS) is 13.4. The zero-order valence-corrected chi connectivity index (χ0v) is 39.6. The van der Waals surface area contributed by atoms with Crippen molar-refractivity contribution in [3.05, 3.63) is 134 Å². The van der Waals surface area contributed by atoms with E-state index in [4.69, 9.17) is 9.47 Å². The number of ether oxygens (including phenoxy) is 2. The van der Waals surface area contributed by atoms with Crippen molar-refractivity contribution in [3.63, 3.8) is 0 Å². The Morgan fingerprint density at radius 2 is 0.645 bits per heavy atom. The van der Waals surface area contributed by atoms with Gasteiger partial charge in [0.25, 0.3) is 0 Å². The lowest BCUT2D eigenvalue weighted by Crippen LogP contribution is -2.28. The number of hydrogen-bond acceptors (Lipinski definition) is 5. The Hall–Kier alpha value is -3.96. The van der Waals surface area contributed by atoms with E-state index in [1.165, 1.54) is 32.1 Å². The van der Waals surface area contributed by atoms with Gasteiger partial charge < -0.3 is 14.6 Å². The summed E-state index contributed by atoms with van der Waals surface area (Å²) >= 11 is 0. The summed E-state index contributed by atoms with van der Waals surface area (Å²) in [5, 5.41) is 9.62. The molecule has 5 heteroatoms. The molecule has 0 radical (unpaired) electrons. The minimum absolute atomic E-state index is 0.0889. The molecular formula is C57H90O5. The summed E-state index contributed by atoms with van der Waals surface area (Å²) in [6.07, 6.45) is 76.7. The summed E-state index contributed by atoms with van der Waals surface area (Å²) in [5.41, 5.74) is 0. The van der Waals surface area contributed by atoms with Gasteiger partial charge in [-0.3, -0.25) is 9.59 Å². The highest BCUT2D eigenvalue weighted by Crippen LogP contribution is 2.13. The maximum absolute atomic E-state index is 12.3. The van der Waals surface area contributed by atoms with Gasteiger partial charge in [0.05, 0.1) is 6.61 Å². The SMILES string of the molecule is CC/C=C\C/C=C\C/C=C\C/C=C\C/C=C\C/C=C\CCCCCCCCCCC(=O)OC(CO)COC(=O)CCCCCCC/C=C\C/C=C\C/C=C\C/C=C\C/C=C\CC. The van der Waals surface area contributed by atoms with Gasteiger partial charge in [-0.25, -0.2) is 0 Å². The minimum Gasteiger partial charge on any atom is -0.462 e. The average molecular weight is 855 g/mol. The molecule has 1 unspecified atom stereocenters. The van der Waals surface area contributed by atoms with Crippen molar-refractivity contribution in [2.24, 2.45) is 0 Å². The van der Waals surface area contributed by atoms with Crippen LogP contribution in [0.5, 0.6) is 0 Å². The molecule has 0 aliphatic carbocycles. The van der Waals surface area contributed by atoms with E-state index in [1.54, 1.807) is 0 Å². The topological polar surface area (TPSA) is 72.8 Å². The van der Waals surface area contributed by atoms with Gasteiger partial charge >= 0.3 is 11.9 Å². The molecule has 0 aliphatic rings. The smallest absolute Gasteiger partial charge is 0.306 e. The van der Waals surface area contributed by atoms with E-state index >= 15 is 0 Å². The number of carbonyl (C=O) groups excluding carboxylic acids is 2. The molecule has 0 heterocycles. The van der Waals surface area contributed by atoms with Gasteiger partial charge in [0.2, 0.25) is 0 Å². The zero-order valence-electron chi connectivity index (χ0n) is 39.6. The zero-order chi connectivity index (χ0) is 44.9. The fourth-order valence-corrected chi connectivity index (χ4v) is 6.29. The maximum Gasteiger partial charge on any atom is 0.306 e. The highest BCUT2D eigenvalue weighted by Gasteiger charge is 2.16. The number of allylic oxidation sites excluding steroid dienone is 22. The second-order valence-electron chi connectivity index (χ2n) is 15.8. The van der Waals surface area contributed by atoms with Crippen LogP contribution >= 0.6 is 0 Å². The van der Waals surface area contributed by atoms with Crippen LogP contribution in [0.3, 0.4) is 0 Å². The molecule has 0 aromatic heterocycles. The highest BCUT2D eigenvalue weighted by molar-refractivity contribution is 5.70. The molecule has 348 valence electrons. The third-order valence-electron chi connectivity index (χ3n) is 9.94. The first kappa shape index (κ1) is 58.0. The summed E-state index contributed by atoms with van der Waals surface area (Å²) in [4.78, 5) is 24.4. The summed E-state index contributed by atoms with van der Waals surface area (Å²) in [5.74, 6) is -0.633. The van der Waals surface area contributed by atoms with E-state index < -0.39 is 6.10 Å². The monoisotopic (exact) mass is 855 g/mol. The van der Waals surface area contributed by atoms with Crippen molar-refractivity contribution in [2.45, 2.75) is 200 Å². The Morgan fingerprint density at radius 3 is 0.968 bits per heavy atom. The quantitative estimate of drug-likeness (QED) is 0.0376. The van der Waals surface area contributed by atoms with E-state index in [2.05, 4.69) is 148 Å². The number of aliphatic hydroxyl groups is 1. The van der Waals surface area contributed by atoms with Crippen LogP contribution in [-0.2, 0) is 19.1 Å². The third-order valence-corrected chi connectivity index (χ3v) is 9.94. The largest absolute Gasteiger partial charge is 0.462 e. The number of carbonyl (C=O) groups is 2. The fraction of sp³-hybridized carbons (Fsp3) is 0.579. The van der Waals surface area contributed by atoms with Gasteiger partial charge in [-0.2, -0.15) is 0 Å². The first-order valence-electron chi connectivity index (χ1n) is 24.7. The molecule has 0 aromatic rings. The van der Waals surface area contributed by atoms with E-state index in [9.17, 15) is 14.7 Å². The molecule has 62 heavy (non-hydrogen) atoms. The minimum atomic E-state index is -0.796. The van der Waals surface area contributed by atoms with Crippen molar-refractivity contribution in [1.82, 2.24) is 0 Å². The predicted octanol–water partition coefficient (Wildman–Crippen LogP) is 16.5. The number of aliphatic hydroxyl groups excluding tert-OH is 1. The van der Waals surface area contributed by atoms with E-state index in [-0.39, 0.29) is 25.2 Å². The summed E-state index contributed by atoms with van der Waals surface area (Å²) < 4.78 is 10.7. The molecule has 0 spiro atoms. The van der Waals surface area contributed by atoms with Crippen molar-refractivity contribution < 1.29 is 24.2 Å². The van der Waals surface area contributed by atoms with Gasteiger partial charge in [-0.05, 0) is 109 Å². The van der Waals surface area contributed by atoms with Crippen molar-refractivity contribution in [3.8, 4) is 0 Å². The summed E-state index contributed by atoms with van der Waals surface area (Å²) in [7, 11) is 0. The van der Waals surface area contributed by atoms with Crippen LogP contribution in [0, 0.1) is 0 Å². The molecular weight excluding hydrogens is 765 g/mol. The van der Waals surface area contributed by atoms with Crippen LogP contribution in [0.4, 0.5) is 0 Å². The van der Waals surface area contributed by atoms with Crippen LogP contribution in [-0.4, -0.2) is 36.4 Å². The number of unbranched alkanes of at least 4 members (excludes halogenated alkanes) is 13. The Bertz CT molecular complexity index is 1330. The van der Waals surface area contributed by atoms with E-state index in [1.807, 2.05) is 0 Å². The van der Waals surface area contributed by atoms with Gasteiger partial charge in [-0.15, -0.1) is 0 Å². The molecule has 5 nitrogen and oxygen atoms in total. The average Bonchev–Trinajstić information content (AvgIpc) is 3.28. The van der Waals surface area contributed by atoms with Crippen LogP contribution in [0.15, 0.2) is 134 Å². The number of rotatable bonds is 43. The van der Waals surface area contributed by atoms with E-state index in [0.717, 1.165) is 135 Å². The molecule has 0 saturated heterocycles. The van der Waals surface area contributed by atoms with Gasteiger partial charge in [-0.1, -0.05) is 205 Å². The summed E-state index contributed by atoms with van der Waals surface area (Å²) in [6, 6.07) is 0. The molecule has 0 saturated carbocycles. The third kappa shape index (κ3) is 48.7. The second-order valence-corrected chi connectivity index (χ2v) is 15.8. The predicted molar refractivity (Wildman–Crippen MR) is 269 cm³/mol. The van der Waals surface area contributed by atoms with E-state index in [0.29, 0.717) is 12.8 Å². The van der Waals surface area contributed by atoms with Crippen LogP contribution < -0.4 is 0 Å². The van der Waals surface area contributed by atoms with Crippen LogP contribution in [0.2, 0.25) is 0 Å². The Morgan fingerprint density at radius 1 is 0.371 bits per heavy atom. The van der Waals surface area contributed by atoms with Gasteiger partial charge in [0, 0.05) is 12.8 Å². The van der Waals surface area contributed by atoms with Gasteiger partial charge in [0.1, 0.15) is 6.61 Å². The molecule has 0 rings (SSSR count). The first-order valence-corrected chi connectivity index (χ1v) is 24.7. The molecule has 0 bridgehead atoms. The standard InChI is InChI=1S/C57H90O5/c1-3-5-7-9-11-13-15-17-19-21-23-25-26-27-28-29-30-32-34-36-38-40-42-44-46-48-50-52-57(60)62-55(53-58)54-61-56(59)51-49-47-45-43-41-39-37-35-33-31-24-22-20-18-16-14-12-10-8-6-4-2/h5-8,11-14,17-20,23-25,27-28,30-32,35,37,55,58H,3-4,9-10,15-16,21-22,26,29,33-34,36,38-54H2,1-2H3/b7-5-,8-6-,13-11-,14-12-,19-17-,20-18-,25-23-,28-27-,31-24-,32-30-,37-35-. The van der Waals surface area contributed by atoms with Crippen molar-refractivity contribution >= 4 is 11.9 Å². The highest BCUT2D eigenvalue weighted by atomic mass is 16.6. The van der Waals surface area contributed by atoms with Crippen molar-refractivity contribution in [1.29, 1.82) is 0 Å². The molecule has 1 N–H and O–H groups in total. The fourth-order valence-electron chi connectivity index (χ4n) is 6.29. The number of esters is 2. The molecule has 1 atom stereocenters. The lowest BCUT2D eigenvalue weighted by Gasteiger charge is -2.15. The second kappa shape index (κ2) is 51.4. The lowest BCUT2D eigenvalue weighted by molar-refractivity contribution is -0.161. The molecule has 0 aromatic carbocycles. The first-order chi connectivity index (χ1) is 30.6. The van der Waals surface area contributed by atoms with Crippen LogP contribution in [0.1, 0.15) is 194 Å². The Labute approximate surface area is 381 Å². The Kier molecular flexibility index (Phi) is 48.1. The maximum atomic E-state index is 12.3.